The first-order chi connectivity index (χ1) is 6.80. The molecule has 1 heterocycles. The summed E-state index contributed by atoms with van der Waals surface area (Å²) < 4.78 is 6.22. The minimum atomic E-state index is 0.233. The van der Waals surface area contributed by atoms with Gasteiger partial charge in [-0.15, -0.1) is 0 Å². The van der Waals surface area contributed by atoms with Crippen LogP contribution in [0, 0.1) is 5.92 Å². The van der Waals surface area contributed by atoms with Gasteiger partial charge in [-0.3, -0.25) is 0 Å². The molecule has 2 rings (SSSR count). The van der Waals surface area contributed by atoms with E-state index in [0.29, 0.717) is 12.6 Å². The minimum Gasteiger partial charge on any atom is -0.370 e. The van der Waals surface area contributed by atoms with E-state index in [-0.39, 0.29) is 5.60 Å². The van der Waals surface area contributed by atoms with Crippen LogP contribution in [0.3, 0.4) is 0 Å². The first-order valence-electron chi connectivity index (χ1n) is 6.18. The Balaban J connectivity index is 2.05. The predicted octanol–water partition coefficient (Wildman–Crippen LogP) is 2.46. The molecule has 0 aromatic heterocycles. The average Bonchev–Trinajstić information content (AvgIpc) is 2.63. The van der Waals surface area contributed by atoms with Crippen LogP contribution in [0.15, 0.2) is 0 Å². The molecule has 0 radical (unpaired) electrons. The third-order valence-electron chi connectivity index (χ3n) is 4.19. The van der Waals surface area contributed by atoms with Gasteiger partial charge in [0.2, 0.25) is 0 Å². The van der Waals surface area contributed by atoms with Gasteiger partial charge in [-0.1, -0.05) is 26.2 Å². The third kappa shape index (κ3) is 1.70. The standard InChI is InChI=1S/C12H23NO/c1-2-10-5-3-4-7-12(10)8-6-11(9-13)14-12/h10-11H,2-9,13H2,1H3. The Morgan fingerprint density at radius 3 is 2.79 bits per heavy atom. The minimum absolute atomic E-state index is 0.233. The fourth-order valence-electron chi connectivity index (χ4n) is 3.36. The molecule has 2 nitrogen and oxygen atoms in total. The van der Waals surface area contributed by atoms with E-state index >= 15 is 0 Å². The second-order valence-corrected chi connectivity index (χ2v) is 4.93. The molecule has 3 unspecified atom stereocenters. The Morgan fingerprint density at radius 2 is 2.14 bits per heavy atom. The molecule has 1 saturated heterocycles. The van der Waals surface area contributed by atoms with Gasteiger partial charge in [-0.2, -0.15) is 0 Å². The quantitative estimate of drug-likeness (QED) is 0.738. The third-order valence-corrected chi connectivity index (χ3v) is 4.19. The van der Waals surface area contributed by atoms with Crippen molar-refractivity contribution in [2.24, 2.45) is 11.7 Å². The molecule has 1 saturated carbocycles. The highest BCUT2D eigenvalue weighted by Crippen LogP contribution is 2.46. The molecule has 2 aliphatic rings. The van der Waals surface area contributed by atoms with Gasteiger partial charge in [0.15, 0.2) is 0 Å². The summed E-state index contributed by atoms with van der Waals surface area (Å²) in [5, 5.41) is 0. The van der Waals surface area contributed by atoms with Crippen LogP contribution < -0.4 is 5.73 Å². The van der Waals surface area contributed by atoms with Crippen LogP contribution in [0.25, 0.3) is 0 Å². The van der Waals surface area contributed by atoms with Crippen molar-refractivity contribution >= 4 is 0 Å². The van der Waals surface area contributed by atoms with E-state index in [1.807, 2.05) is 0 Å². The number of ether oxygens (including phenoxy) is 1. The van der Waals surface area contributed by atoms with Crippen molar-refractivity contribution < 1.29 is 4.74 Å². The number of hydrogen-bond acceptors (Lipinski definition) is 2. The lowest BCUT2D eigenvalue weighted by Gasteiger charge is -2.41. The molecular formula is C12H23NO. The lowest BCUT2D eigenvalue weighted by atomic mass is 9.72. The van der Waals surface area contributed by atoms with Gasteiger partial charge < -0.3 is 10.5 Å². The molecule has 0 amide bonds. The van der Waals surface area contributed by atoms with Crippen molar-refractivity contribution in [1.82, 2.24) is 0 Å². The lowest BCUT2D eigenvalue weighted by molar-refractivity contribution is -0.0983. The van der Waals surface area contributed by atoms with Crippen LogP contribution in [-0.2, 0) is 4.74 Å². The van der Waals surface area contributed by atoms with E-state index < -0.39 is 0 Å². The second-order valence-electron chi connectivity index (χ2n) is 4.93. The van der Waals surface area contributed by atoms with Gasteiger partial charge in [0.1, 0.15) is 0 Å². The SMILES string of the molecule is CCC1CCCCC12CCC(CN)O2. The molecule has 0 aromatic rings. The fourth-order valence-corrected chi connectivity index (χ4v) is 3.36. The highest BCUT2D eigenvalue weighted by atomic mass is 16.5. The van der Waals surface area contributed by atoms with Crippen molar-refractivity contribution in [3.8, 4) is 0 Å². The van der Waals surface area contributed by atoms with Gasteiger partial charge in [-0.25, -0.2) is 0 Å². The number of rotatable bonds is 2. The summed E-state index contributed by atoms with van der Waals surface area (Å²) in [5.41, 5.74) is 5.92. The maximum atomic E-state index is 6.22. The second kappa shape index (κ2) is 4.19. The summed E-state index contributed by atoms with van der Waals surface area (Å²) in [7, 11) is 0. The summed E-state index contributed by atoms with van der Waals surface area (Å²) >= 11 is 0. The normalized spacial score (nSPS) is 43.3. The molecular weight excluding hydrogens is 174 g/mol. The first kappa shape index (κ1) is 10.4. The van der Waals surface area contributed by atoms with Crippen molar-refractivity contribution in [1.29, 1.82) is 0 Å². The van der Waals surface area contributed by atoms with E-state index in [1.165, 1.54) is 44.9 Å². The lowest BCUT2D eigenvalue weighted by Crippen LogP contribution is -2.41. The molecule has 82 valence electrons. The van der Waals surface area contributed by atoms with E-state index in [0.717, 1.165) is 5.92 Å². The molecule has 1 aliphatic heterocycles. The number of nitrogens with two attached hydrogens (primary N) is 1. The predicted molar refractivity (Wildman–Crippen MR) is 58.1 cm³/mol. The molecule has 1 aliphatic carbocycles. The van der Waals surface area contributed by atoms with Gasteiger partial charge >= 0.3 is 0 Å². The van der Waals surface area contributed by atoms with Crippen molar-refractivity contribution in [3.63, 3.8) is 0 Å². The largest absolute Gasteiger partial charge is 0.370 e. The van der Waals surface area contributed by atoms with Crippen LogP contribution in [0.4, 0.5) is 0 Å². The van der Waals surface area contributed by atoms with Gasteiger partial charge in [0.25, 0.3) is 0 Å². The highest BCUT2D eigenvalue weighted by molar-refractivity contribution is 4.96. The Bertz CT molecular complexity index is 195. The van der Waals surface area contributed by atoms with Crippen LogP contribution in [-0.4, -0.2) is 18.2 Å². The Morgan fingerprint density at radius 1 is 1.29 bits per heavy atom. The van der Waals surface area contributed by atoms with Crippen LogP contribution in [0.2, 0.25) is 0 Å². The maximum Gasteiger partial charge on any atom is 0.0715 e. The summed E-state index contributed by atoms with van der Waals surface area (Å²) in [6, 6.07) is 0. The van der Waals surface area contributed by atoms with E-state index in [9.17, 15) is 0 Å². The summed E-state index contributed by atoms with van der Waals surface area (Å²) in [4.78, 5) is 0. The van der Waals surface area contributed by atoms with Gasteiger partial charge in [0, 0.05) is 6.54 Å². The fraction of sp³-hybridized carbons (Fsp3) is 1.00. The van der Waals surface area contributed by atoms with Crippen LogP contribution >= 0.6 is 0 Å². The molecule has 0 bridgehead atoms. The van der Waals surface area contributed by atoms with Gasteiger partial charge in [-0.05, 0) is 31.6 Å². The molecule has 1 spiro atoms. The van der Waals surface area contributed by atoms with Crippen LogP contribution in [0.5, 0.6) is 0 Å². The Hall–Kier alpha value is -0.0800. The molecule has 3 atom stereocenters. The monoisotopic (exact) mass is 197 g/mol. The topological polar surface area (TPSA) is 35.2 Å². The maximum absolute atomic E-state index is 6.22. The average molecular weight is 197 g/mol. The first-order valence-corrected chi connectivity index (χ1v) is 6.18. The summed E-state index contributed by atoms with van der Waals surface area (Å²) in [6.07, 6.45) is 9.47. The molecule has 2 fully saturated rings. The zero-order valence-electron chi connectivity index (χ0n) is 9.30. The number of hydrogen-bond donors (Lipinski definition) is 1. The summed E-state index contributed by atoms with van der Waals surface area (Å²) in [6.45, 7) is 3.01. The van der Waals surface area contributed by atoms with E-state index in [1.54, 1.807) is 0 Å². The molecule has 2 N–H and O–H groups in total. The van der Waals surface area contributed by atoms with Crippen LogP contribution in [0.1, 0.15) is 51.9 Å². The smallest absolute Gasteiger partial charge is 0.0715 e. The summed E-state index contributed by atoms with van der Waals surface area (Å²) in [5.74, 6) is 0.799. The molecule has 2 heteroatoms. The molecule has 0 aromatic carbocycles. The van der Waals surface area contributed by atoms with E-state index in [2.05, 4.69) is 6.92 Å². The van der Waals surface area contributed by atoms with Gasteiger partial charge in [0.05, 0.1) is 11.7 Å². The van der Waals surface area contributed by atoms with Crippen molar-refractivity contribution in [2.45, 2.75) is 63.6 Å². The zero-order valence-corrected chi connectivity index (χ0v) is 9.30. The zero-order chi connectivity index (χ0) is 10.0. The molecule has 14 heavy (non-hydrogen) atoms. The highest BCUT2D eigenvalue weighted by Gasteiger charge is 2.45. The Labute approximate surface area is 87.2 Å². The van der Waals surface area contributed by atoms with Crippen molar-refractivity contribution in [2.75, 3.05) is 6.54 Å². The van der Waals surface area contributed by atoms with Crippen molar-refractivity contribution in [3.05, 3.63) is 0 Å². The van der Waals surface area contributed by atoms with E-state index in [4.69, 9.17) is 10.5 Å². The Kier molecular flexibility index (Phi) is 3.13.